The van der Waals surface area contributed by atoms with Gasteiger partial charge in [-0.1, -0.05) is 13.8 Å². The zero-order valence-corrected chi connectivity index (χ0v) is 12.1. The van der Waals surface area contributed by atoms with E-state index >= 15 is 0 Å². The molecule has 0 unspecified atom stereocenters. The maximum Gasteiger partial charge on any atom is 0.264 e. The summed E-state index contributed by atoms with van der Waals surface area (Å²) in [5.41, 5.74) is -0.612. The highest BCUT2D eigenvalue weighted by Gasteiger charge is 2.36. The van der Waals surface area contributed by atoms with Crippen molar-refractivity contribution in [2.75, 3.05) is 19.5 Å². The van der Waals surface area contributed by atoms with Gasteiger partial charge < -0.3 is 5.11 Å². The van der Waals surface area contributed by atoms with Crippen LogP contribution in [-0.4, -0.2) is 33.0 Å². The molecule has 0 bridgehead atoms. The SMILES string of the molecule is [2H]C([2H])(CO)C1(C)CC1.[2H]C([2H])(COS(C)(=O)=O)C1(C)CC1. The van der Waals surface area contributed by atoms with Crippen LogP contribution in [0.2, 0.25) is 0 Å². The molecule has 0 aromatic rings. The minimum Gasteiger partial charge on any atom is -0.396 e. The summed E-state index contributed by atoms with van der Waals surface area (Å²) in [6, 6.07) is 0. The van der Waals surface area contributed by atoms with Crippen LogP contribution < -0.4 is 0 Å². The van der Waals surface area contributed by atoms with Gasteiger partial charge in [-0.2, -0.15) is 8.42 Å². The molecule has 2 rings (SSSR count). The van der Waals surface area contributed by atoms with Crippen LogP contribution >= 0.6 is 0 Å². The van der Waals surface area contributed by atoms with Gasteiger partial charge in [-0.15, -0.1) is 0 Å². The van der Waals surface area contributed by atoms with E-state index in [0.717, 1.165) is 31.9 Å². The molecule has 0 aromatic heterocycles. The summed E-state index contributed by atoms with van der Waals surface area (Å²) in [7, 11) is -3.53. The third-order valence-electron chi connectivity index (χ3n) is 3.28. The lowest BCUT2D eigenvalue weighted by atomic mass is 10.1. The maximum atomic E-state index is 10.6. The fraction of sp³-hybridized carbons (Fsp3) is 1.00. The molecule has 0 radical (unpaired) electrons. The van der Waals surface area contributed by atoms with E-state index in [1.165, 1.54) is 0 Å². The second kappa shape index (κ2) is 5.88. The van der Waals surface area contributed by atoms with E-state index in [1.807, 2.05) is 6.92 Å². The molecule has 5 heteroatoms. The van der Waals surface area contributed by atoms with E-state index in [0.29, 0.717) is 0 Å². The molecule has 0 atom stereocenters. The number of rotatable bonds is 6. The third-order valence-corrected chi connectivity index (χ3v) is 3.82. The molecule has 2 aliphatic carbocycles. The van der Waals surface area contributed by atoms with Crippen molar-refractivity contribution >= 4 is 10.1 Å². The highest BCUT2D eigenvalue weighted by atomic mass is 32.2. The second-order valence-corrected chi connectivity index (χ2v) is 7.24. The smallest absolute Gasteiger partial charge is 0.264 e. The van der Waals surface area contributed by atoms with E-state index in [9.17, 15) is 8.42 Å². The fourth-order valence-electron chi connectivity index (χ4n) is 1.23. The molecule has 1 N–H and O–H groups in total. The molecule has 0 amide bonds. The summed E-state index contributed by atoms with van der Waals surface area (Å²) >= 11 is 0. The van der Waals surface area contributed by atoms with Crippen molar-refractivity contribution < 1.29 is 23.2 Å². The maximum absolute atomic E-state index is 10.6. The Morgan fingerprint density at radius 2 is 1.61 bits per heavy atom. The van der Waals surface area contributed by atoms with Crippen LogP contribution in [0.1, 0.15) is 57.8 Å². The predicted molar refractivity (Wildman–Crippen MR) is 71.8 cm³/mol. The van der Waals surface area contributed by atoms with Gasteiger partial charge in [0.05, 0.1) is 12.9 Å². The van der Waals surface area contributed by atoms with Gasteiger partial charge in [0.15, 0.2) is 0 Å². The number of hydrogen-bond donors (Lipinski definition) is 1. The fourth-order valence-corrected chi connectivity index (χ4v) is 1.50. The topological polar surface area (TPSA) is 63.6 Å². The molecule has 0 saturated heterocycles. The first-order valence-electron chi connectivity index (χ1n) is 8.13. The van der Waals surface area contributed by atoms with Gasteiger partial charge in [0.1, 0.15) is 0 Å². The van der Waals surface area contributed by atoms with Gasteiger partial charge in [0.2, 0.25) is 0 Å². The van der Waals surface area contributed by atoms with E-state index in [1.54, 1.807) is 6.92 Å². The molecule has 0 spiro atoms. The van der Waals surface area contributed by atoms with Crippen molar-refractivity contribution in [1.29, 1.82) is 0 Å². The number of aliphatic hydroxyl groups is 1. The first-order chi connectivity index (χ1) is 9.68. The molecular weight excluding hydrogens is 252 g/mol. The van der Waals surface area contributed by atoms with Crippen LogP contribution in [0.4, 0.5) is 0 Å². The van der Waals surface area contributed by atoms with Gasteiger partial charge in [-0.25, -0.2) is 0 Å². The Morgan fingerprint density at radius 1 is 1.17 bits per heavy atom. The van der Waals surface area contributed by atoms with Gasteiger partial charge in [-0.05, 0) is 49.3 Å². The minimum absolute atomic E-state index is 0.220. The lowest BCUT2D eigenvalue weighted by Crippen LogP contribution is -2.07. The average molecular weight is 282 g/mol. The molecule has 0 aromatic carbocycles. The molecule has 2 fully saturated rings. The molecule has 2 aliphatic rings. The van der Waals surface area contributed by atoms with Crippen molar-refractivity contribution in [2.45, 2.75) is 52.3 Å². The lowest BCUT2D eigenvalue weighted by Gasteiger charge is -2.06. The van der Waals surface area contributed by atoms with Crippen LogP contribution in [0.25, 0.3) is 0 Å². The van der Waals surface area contributed by atoms with Crippen molar-refractivity contribution in [3.63, 3.8) is 0 Å². The summed E-state index contributed by atoms with van der Waals surface area (Å²) < 4.78 is 55.5. The zero-order valence-electron chi connectivity index (χ0n) is 15.3. The van der Waals surface area contributed by atoms with Crippen LogP contribution in [0.3, 0.4) is 0 Å². The van der Waals surface area contributed by atoms with Gasteiger partial charge in [0.25, 0.3) is 10.1 Å². The van der Waals surface area contributed by atoms with Gasteiger partial charge in [-0.3, -0.25) is 4.18 Å². The quantitative estimate of drug-likeness (QED) is 0.759. The third kappa shape index (κ3) is 7.34. The summed E-state index contributed by atoms with van der Waals surface area (Å²) in [5.74, 6) is 0. The van der Waals surface area contributed by atoms with E-state index in [2.05, 4.69) is 4.18 Å². The molecule has 0 heterocycles. The van der Waals surface area contributed by atoms with Crippen molar-refractivity contribution in [3.8, 4) is 0 Å². The first kappa shape index (κ1) is 10.6. The lowest BCUT2D eigenvalue weighted by molar-refractivity contribution is 0.256. The van der Waals surface area contributed by atoms with Crippen molar-refractivity contribution in [3.05, 3.63) is 0 Å². The minimum atomic E-state index is -3.53. The number of aliphatic hydroxyl groups excluding tert-OH is 1. The number of hydrogen-bond acceptors (Lipinski definition) is 4. The molecule has 4 nitrogen and oxygen atoms in total. The predicted octanol–water partition coefficient (Wildman–Crippen LogP) is 2.32. The van der Waals surface area contributed by atoms with Crippen LogP contribution in [0, 0.1) is 10.8 Å². The highest BCUT2D eigenvalue weighted by Crippen LogP contribution is 2.48. The molecule has 2 saturated carbocycles. The summed E-state index contributed by atoms with van der Waals surface area (Å²) in [6.07, 6.45) is 1.46. The highest BCUT2D eigenvalue weighted by molar-refractivity contribution is 7.85. The van der Waals surface area contributed by atoms with E-state index in [4.69, 9.17) is 10.6 Å². The Morgan fingerprint density at radius 3 is 1.89 bits per heavy atom. The largest absolute Gasteiger partial charge is 0.396 e. The Balaban J connectivity index is 0.000000235. The summed E-state index contributed by atoms with van der Waals surface area (Å²) in [6.45, 7) is 2.97. The Bertz CT molecular complexity index is 496. The Kier molecular flexibility index (Phi) is 3.48. The van der Waals surface area contributed by atoms with Crippen LogP contribution in [-0.2, 0) is 14.3 Å². The van der Waals surface area contributed by atoms with Crippen LogP contribution in [0.5, 0.6) is 0 Å². The first-order valence-corrected chi connectivity index (χ1v) is 7.95. The van der Waals surface area contributed by atoms with Gasteiger partial charge >= 0.3 is 0 Å². The molecule has 0 aliphatic heterocycles. The van der Waals surface area contributed by atoms with Crippen molar-refractivity contribution in [1.82, 2.24) is 0 Å². The normalized spacial score (nSPS) is 27.8. The molecular formula is C13H26O4S. The zero-order chi connectivity index (χ0) is 17.4. The van der Waals surface area contributed by atoms with Gasteiger partial charge in [0, 0.05) is 12.1 Å². The molecule has 18 heavy (non-hydrogen) atoms. The monoisotopic (exact) mass is 282 g/mol. The Hall–Kier alpha value is -0.130. The summed E-state index contributed by atoms with van der Waals surface area (Å²) in [4.78, 5) is 0. The standard InChI is InChI=1S/C7H14O3S.C6H12O/c1-7(3-4-7)5-6-10-11(2,8)9;1-6(2-3-6)4-5-7/h3-6H2,1-2H3;7H,2-5H2,1H3/i5D2;4D2. The van der Waals surface area contributed by atoms with Crippen molar-refractivity contribution in [2.24, 2.45) is 10.8 Å². The molecule has 108 valence electrons. The average Bonchev–Trinajstić information content (AvgIpc) is 3.27. The Labute approximate surface area is 116 Å². The van der Waals surface area contributed by atoms with E-state index < -0.39 is 28.3 Å². The van der Waals surface area contributed by atoms with E-state index in [-0.39, 0.29) is 18.6 Å². The summed E-state index contributed by atoms with van der Waals surface area (Å²) in [5, 5.41) is 8.59. The second-order valence-electron chi connectivity index (χ2n) is 5.60. The van der Waals surface area contributed by atoms with Crippen LogP contribution in [0.15, 0.2) is 0 Å².